The maximum Gasteiger partial charge on any atom is 0.261 e. The first-order valence-corrected chi connectivity index (χ1v) is 11.4. The first-order chi connectivity index (χ1) is 13.9. The number of likely N-dealkylation sites (N-methyl/N-ethyl adjacent to an activating group) is 1. The molecule has 29 heavy (non-hydrogen) atoms. The van der Waals surface area contributed by atoms with E-state index in [1.54, 1.807) is 35.6 Å². The number of carbonyl (C=O) groups excluding carboxylic acids is 1. The summed E-state index contributed by atoms with van der Waals surface area (Å²) in [4.78, 5) is 15.8. The van der Waals surface area contributed by atoms with Gasteiger partial charge in [0.2, 0.25) is 0 Å². The van der Waals surface area contributed by atoms with Gasteiger partial charge in [-0.2, -0.15) is 0 Å². The van der Waals surface area contributed by atoms with Crippen molar-refractivity contribution >= 4 is 33.0 Å². The topological polar surface area (TPSA) is 78.5 Å². The van der Waals surface area contributed by atoms with Gasteiger partial charge in [-0.25, -0.2) is 8.42 Å². The molecule has 0 radical (unpaired) electrons. The molecule has 0 saturated carbocycles. The van der Waals surface area contributed by atoms with Gasteiger partial charge in [-0.1, -0.05) is 24.3 Å². The Kier molecular flexibility index (Phi) is 6.68. The van der Waals surface area contributed by atoms with Crippen molar-refractivity contribution in [1.29, 1.82) is 0 Å². The van der Waals surface area contributed by atoms with Crippen LogP contribution in [0.2, 0.25) is 0 Å². The fourth-order valence-electron chi connectivity index (χ4n) is 2.82. The van der Waals surface area contributed by atoms with E-state index in [-0.39, 0.29) is 16.8 Å². The van der Waals surface area contributed by atoms with E-state index in [4.69, 9.17) is 0 Å². The SMILES string of the molecule is CN(C)C(CNC(=O)c1ccc(S(=O)(=O)Nc2ccccc2)cc1)c1cccs1. The summed E-state index contributed by atoms with van der Waals surface area (Å²) < 4.78 is 27.5. The molecule has 8 heteroatoms. The van der Waals surface area contributed by atoms with E-state index in [1.807, 2.05) is 37.7 Å². The molecule has 1 unspecified atom stereocenters. The number of sulfonamides is 1. The molecule has 0 saturated heterocycles. The minimum absolute atomic E-state index is 0.0775. The van der Waals surface area contributed by atoms with Gasteiger partial charge >= 0.3 is 0 Å². The summed E-state index contributed by atoms with van der Waals surface area (Å²) in [5.74, 6) is -0.242. The average molecular weight is 430 g/mol. The van der Waals surface area contributed by atoms with Gasteiger partial charge < -0.3 is 10.2 Å². The number of benzene rings is 2. The average Bonchev–Trinajstić information content (AvgIpc) is 3.22. The van der Waals surface area contributed by atoms with Crippen LogP contribution < -0.4 is 10.0 Å². The second kappa shape index (κ2) is 9.21. The highest BCUT2D eigenvalue weighted by molar-refractivity contribution is 7.92. The van der Waals surface area contributed by atoms with Crippen LogP contribution >= 0.6 is 11.3 Å². The van der Waals surface area contributed by atoms with Crippen LogP contribution in [0.15, 0.2) is 77.0 Å². The van der Waals surface area contributed by atoms with Gasteiger partial charge in [0.05, 0.1) is 10.9 Å². The number of hydrogen-bond acceptors (Lipinski definition) is 5. The predicted octanol–water partition coefficient (Wildman–Crippen LogP) is 3.58. The Bertz CT molecular complexity index is 1030. The van der Waals surface area contributed by atoms with Gasteiger partial charge in [-0.3, -0.25) is 9.52 Å². The first kappa shape index (κ1) is 21.0. The highest BCUT2D eigenvalue weighted by atomic mass is 32.2. The van der Waals surface area contributed by atoms with Gasteiger partial charge in [0.25, 0.3) is 15.9 Å². The summed E-state index contributed by atoms with van der Waals surface area (Å²) in [5.41, 5.74) is 0.893. The third-order valence-electron chi connectivity index (χ3n) is 4.40. The molecule has 3 aromatic rings. The normalized spacial score (nSPS) is 12.5. The van der Waals surface area contributed by atoms with E-state index >= 15 is 0 Å². The van der Waals surface area contributed by atoms with E-state index in [0.29, 0.717) is 17.8 Å². The van der Waals surface area contributed by atoms with Crippen LogP contribution in [-0.4, -0.2) is 39.9 Å². The third-order valence-corrected chi connectivity index (χ3v) is 6.77. The molecule has 0 aliphatic carbocycles. The van der Waals surface area contributed by atoms with Crippen LogP contribution in [0.4, 0.5) is 5.69 Å². The van der Waals surface area contributed by atoms with Gasteiger partial charge in [-0.15, -0.1) is 11.3 Å². The molecule has 1 aromatic heterocycles. The second-order valence-electron chi connectivity index (χ2n) is 6.70. The maximum absolute atomic E-state index is 12.5. The molecule has 0 bridgehead atoms. The number of para-hydroxylation sites is 1. The molecule has 152 valence electrons. The number of rotatable bonds is 8. The van der Waals surface area contributed by atoms with E-state index in [0.717, 1.165) is 0 Å². The zero-order valence-corrected chi connectivity index (χ0v) is 17.8. The number of amides is 1. The molecule has 3 rings (SSSR count). The summed E-state index contributed by atoms with van der Waals surface area (Å²) in [6.45, 7) is 0.460. The lowest BCUT2D eigenvalue weighted by Crippen LogP contribution is -2.34. The molecular formula is C21H23N3O3S2. The van der Waals surface area contributed by atoms with Crippen LogP contribution in [0.1, 0.15) is 21.3 Å². The number of hydrogen-bond donors (Lipinski definition) is 2. The van der Waals surface area contributed by atoms with Crippen LogP contribution in [0.25, 0.3) is 0 Å². The fraction of sp³-hybridized carbons (Fsp3) is 0.190. The summed E-state index contributed by atoms with van der Waals surface area (Å²) in [7, 11) is 0.227. The lowest BCUT2D eigenvalue weighted by molar-refractivity contribution is 0.0942. The highest BCUT2D eigenvalue weighted by Gasteiger charge is 2.18. The molecule has 1 heterocycles. The summed E-state index contributed by atoms with van der Waals surface area (Å²) in [6, 6.07) is 18.7. The zero-order chi connectivity index (χ0) is 20.9. The lowest BCUT2D eigenvalue weighted by atomic mass is 10.2. The first-order valence-electron chi connectivity index (χ1n) is 9.03. The largest absolute Gasteiger partial charge is 0.350 e. The Balaban J connectivity index is 1.65. The molecule has 1 atom stereocenters. The number of carbonyl (C=O) groups is 1. The molecule has 2 N–H and O–H groups in total. The van der Waals surface area contributed by atoms with Crippen molar-refractivity contribution in [1.82, 2.24) is 10.2 Å². The maximum atomic E-state index is 12.5. The smallest absolute Gasteiger partial charge is 0.261 e. The summed E-state index contributed by atoms with van der Waals surface area (Å²) in [6.07, 6.45) is 0. The van der Waals surface area contributed by atoms with Crippen molar-refractivity contribution in [3.05, 3.63) is 82.6 Å². The Morgan fingerprint density at radius 3 is 2.28 bits per heavy atom. The van der Waals surface area contributed by atoms with Crippen molar-refractivity contribution in [2.24, 2.45) is 0 Å². The lowest BCUT2D eigenvalue weighted by Gasteiger charge is -2.23. The Morgan fingerprint density at radius 1 is 1.00 bits per heavy atom. The Morgan fingerprint density at radius 2 is 1.69 bits per heavy atom. The van der Waals surface area contributed by atoms with Gasteiger partial charge in [-0.05, 0) is 61.9 Å². The fourth-order valence-corrected chi connectivity index (χ4v) is 4.80. The van der Waals surface area contributed by atoms with Crippen molar-refractivity contribution in [2.45, 2.75) is 10.9 Å². The summed E-state index contributed by atoms with van der Waals surface area (Å²) >= 11 is 1.65. The molecule has 6 nitrogen and oxygen atoms in total. The van der Waals surface area contributed by atoms with E-state index in [2.05, 4.69) is 14.9 Å². The number of thiophene rings is 1. The van der Waals surface area contributed by atoms with Crippen LogP contribution in [0, 0.1) is 0 Å². The third kappa shape index (κ3) is 5.44. The van der Waals surface area contributed by atoms with E-state index in [9.17, 15) is 13.2 Å². The Hall–Kier alpha value is -2.68. The number of anilines is 1. The molecule has 0 aliphatic rings. The van der Waals surface area contributed by atoms with E-state index in [1.165, 1.54) is 29.1 Å². The number of nitrogens with zero attached hydrogens (tertiary/aromatic N) is 1. The van der Waals surface area contributed by atoms with Crippen molar-refractivity contribution in [3.63, 3.8) is 0 Å². The molecule has 1 amide bonds. The number of nitrogens with one attached hydrogen (secondary N) is 2. The molecule has 0 spiro atoms. The second-order valence-corrected chi connectivity index (χ2v) is 9.36. The van der Waals surface area contributed by atoms with E-state index < -0.39 is 10.0 Å². The standard InChI is InChI=1S/C21H23N3O3S2/c1-24(2)19(20-9-6-14-28-20)15-22-21(25)16-10-12-18(13-11-16)29(26,27)23-17-7-4-3-5-8-17/h3-14,19,23H,15H2,1-2H3,(H,22,25). The minimum Gasteiger partial charge on any atom is -0.350 e. The zero-order valence-electron chi connectivity index (χ0n) is 16.2. The Labute approximate surface area is 175 Å². The molecule has 0 fully saturated rings. The minimum atomic E-state index is -3.71. The quantitative estimate of drug-likeness (QED) is 0.574. The monoisotopic (exact) mass is 429 g/mol. The van der Waals surface area contributed by atoms with Crippen LogP contribution in [0.5, 0.6) is 0 Å². The molecule has 0 aliphatic heterocycles. The van der Waals surface area contributed by atoms with Crippen molar-refractivity contribution in [3.8, 4) is 0 Å². The van der Waals surface area contributed by atoms with Gasteiger partial charge in [0.15, 0.2) is 0 Å². The molecular weight excluding hydrogens is 406 g/mol. The van der Waals surface area contributed by atoms with Gasteiger partial charge in [0.1, 0.15) is 0 Å². The van der Waals surface area contributed by atoms with Gasteiger partial charge in [0, 0.05) is 22.7 Å². The molecule has 2 aromatic carbocycles. The van der Waals surface area contributed by atoms with Crippen molar-refractivity contribution in [2.75, 3.05) is 25.4 Å². The highest BCUT2D eigenvalue weighted by Crippen LogP contribution is 2.22. The summed E-state index contributed by atoms with van der Waals surface area (Å²) in [5, 5.41) is 4.94. The van der Waals surface area contributed by atoms with Crippen LogP contribution in [-0.2, 0) is 10.0 Å². The predicted molar refractivity (Wildman–Crippen MR) is 117 cm³/mol. The van der Waals surface area contributed by atoms with Crippen molar-refractivity contribution < 1.29 is 13.2 Å². The van der Waals surface area contributed by atoms with Crippen LogP contribution in [0.3, 0.4) is 0 Å².